The number of halogens is 1. The van der Waals surface area contributed by atoms with E-state index in [4.69, 9.17) is 11.6 Å². The van der Waals surface area contributed by atoms with E-state index in [2.05, 4.69) is 20.6 Å². The van der Waals surface area contributed by atoms with Gasteiger partial charge < -0.3 is 15.7 Å². The Balaban J connectivity index is 1.59. The van der Waals surface area contributed by atoms with Crippen molar-refractivity contribution in [3.63, 3.8) is 0 Å². The second-order valence-electron chi connectivity index (χ2n) is 7.07. The number of pyridine rings is 2. The summed E-state index contributed by atoms with van der Waals surface area (Å²) in [6.07, 6.45) is 5.02. The van der Waals surface area contributed by atoms with Crippen molar-refractivity contribution >= 4 is 28.4 Å². The van der Waals surface area contributed by atoms with Crippen molar-refractivity contribution in [2.24, 2.45) is 0 Å². The molecule has 0 spiro atoms. The lowest BCUT2D eigenvalue weighted by Gasteiger charge is -2.22. The van der Waals surface area contributed by atoms with Crippen molar-refractivity contribution in [2.75, 3.05) is 6.54 Å². The van der Waals surface area contributed by atoms with Crippen LogP contribution < -0.4 is 10.6 Å². The quantitative estimate of drug-likeness (QED) is 0.411. The maximum absolute atomic E-state index is 12.7. The molecule has 1 atom stereocenters. The van der Waals surface area contributed by atoms with Gasteiger partial charge in [-0.2, -0.15) is 0 Å². The Kier molecular flexibility index (Phi) is 6.40. The molecule has 1 amide bonds. The lowest BCUT2D eigenvalue weighted by molar-refractivity contribution is -0.120. The number of phenols is 1. The molecule has 1 unspecified atom stereocenters. The standard InChI is InChI=1S/C24H21ClN4O2/c25-20-13-19(24(31)23-18(20)7-4-10-28-23)22(17-5-2-1-3-6-17)29-21(30)15-27-14-16-8-11-26-12-9-16/h1-13,22,27,31H,14-15H2,(H,29,30). The van der Waals surface area contributed by atoms with Gasteiger partial charge in [0.25, 0.3) is 0 Å². The smallest absolute Gasteiger partial charge is 0.234 e. The summed E-state index contributed by atoms with van der Waals surface area (Å²) in [5, 5.41) is 18.2. The number of fused-ring (bicyclic) bond motifs is 1. The third kappa shape index (κ3) is 4.82. The van der Waals surface area contributed by atoms with Crippen molar-refractivity contribution in [2.45, 2.75) is 12.6 Å². The van der Waals surface area contributed by atoms with Crippen LogP contribution in [0.25, 0.3) is 10.9 Å². The van der Waals surface area contributed by atoms with Crippen molar-refractivity contribution in [1.29, 1.82) is 0 Å². The van der Waals surface area contributed by atoms with E-state index in [1.165, 1.54) is 0 Å². The van der Waals surface area contributed by atoms with Gasteiger partial charge in [-0.15, -0.1) is 0 Å². The summed E-state index contributed by atoms with van der Waals surface area (Å²) in [6.45, 7) is 0.662. The normalized spacial score (nSPS) is 11.9. The van der Waals surface area contributed by atoms with E-state index in [0.717, 1.165) is 11.1 Å². The van der Waals surface area contributed by atoms with E-state index in [1.807, 2.05) is 42.5 Å². The Morgan fingerprint density at radius 2 is 1.81 bits per heavy atom. The second kappa shape index (κ2) is 9.55. The molecule has 4 aromatic rings. The minimum atomic E-state index is -0.583. The van der Waals surface area contributed by atoms with Gasteiger partial charge in [0.1, 0.15) is 11.3 Å². The molecule has 0 saturated carbocycles. The molecule has 2 aromatic heterocycles. The lowest BCUT2D eigenvalue weighted by atomic mass is 9.96. The zero-order chi connectivity index (χ0) is 21.6. The molecule has 0 fully saturated rings. The largest absolute Gasteiger partial charge is 0.505 e. The van der Waals surface area contributed by atoms with Gasteiger partial charge in [0.15, 0.2) is 0 Å². The Labute approximate surface area is 184 Å². The summed E-state index contributed by atoms with van der Waals surface area (Å²) < 4.78 is 0. The van der Waals surface area contributed by atoms with Crippen LogP contribution in [-0.2, 0) is 11.3 Å². The summed E-state index contributed by atoms with van der Waals surface area (Å²) >= 11 is 6.47. The molecule has 0 saturated heterocycles. The van der Waals surface area contributed by atoms with Crippen LogP contribution in [0.2, 0.25) is 5.02 Å². The molecule has 156 valence electrons. The fourth-order valence-corrected chi connectivity index (χ4v) is 3.72. The van der Waals surface area contributed by atoms with Crippen molar-refractivity contribution in [3.05, 3.63) is 101 Å². The number of aromatic hydroxyl groups is 1. The van der Waals surface area contributed by atoms with Crippen LogP contribution in [0.1, 0.15) is 22.7 Å². The first-order chi connectivity index (χ1) is 15.1. The molecule has 0 aliphatic rings. The molecule has 0 radical (unpaired) electrons. The summed E-state index contributed by atoms with van der Waals surface area (Å²) in [7, 11) is 0. The van der Waals surface area contributed by atoms with Crippen LogP contribution in [0.5, 0.6) is 5.75 Å². The minimum Gasteiger partial charge on any atom is -0.505 e. The van der Waals surface area contributed by atoms with Crippen LogP contribution >= 0.6 is 11.6 Å². The van der Waals surface area contributed by atoms with Gasteiger partial charge in [0.05, 0.1) is 17.6 Å². The van der Waals surface area contributed by atoms with Gasteiger partial charge in [-0.05, 0) is 41.5 Å². The van der Waals surface area contributed by atoms with Crippen molar-refractivity contribution in [3.8, 4) is 5.75 Å². The molecule has 2 heterocycles. The van der Waals surface area contributed by atoms with Gasteiger partial charge in [0.2, 0.25) is 5.91 Å². The van der Waals surface area contributed by atoms with Gasteiger partial charge >= 0.3 is 0 Å². The van der Waals surface area contributed by atoms with Crippen LogP contribution in [0.4, 0.5) is 0 Å². The molecule has 0 bridgehead atoms. The average molecular weight is 433 g/mol. The highest BCUT2D eigenvalue weighted by Crippen LogP contribution is 2.38. The molecular formula is C24H21ClN4O2. The number of rotatable bonds is 7. The van der Waals surface area contributed by atoms with E-state index in [0.29, 0.717) is 28.0 Å². The fourth-order valence-electron chi connectivity index (χ4n) is 3.45. The average Bonchev–Trinajstić information content (AvgIpc) is 2.81. The Hall–Kier alpha value is -3.48. The monoisotopic (exact) mass is 432 g/mol. The number of amides is 1. The Morgan fingerprint density at radius 3 is 2.58 bits per heavy atom. The number of benzene rings is 2. The molecule has 4 rings (SSSR count). The van der Waals surface area contributed by atoms with Crippen LogP contribution in [0.3, 0.4) is 0 Å². The lowest BCUT2D eigenvalue weighted by Crippen LogP contribution is -2.36. The zero-order valence-corrected chi connectivity index (χ0v) is 17.4. The topological polar surface area (TPSA) is 87.1 Å². The Morgan fingerprint density at radius 1 is 1.03 bits per heavy atom. The maximum atomic E-state index is 12.7. The molecule has 7 heteroatoms. The van der Waals surface area contributed by atoms with Crippen LogP contribution in [-0.4, -0.2) is 27.5 Å². The zero-order valence-electron chi connectivity index (χ0n) is 16.6. The molecule has 31 heavy (non-hydrogen) atoms. The number of carbonyl (C=O) groups is 1. The third-order valence-electron chi connectivity index (χ3n) is 4.96. The number of phenolic OH excluding ortho intramolecular Hbond substituents is 1. The number of nitrogens with zero attached hydrogens (tertiary/aromatic N) is 2. The maximum Gasteiger partial charge on any atom is 0.234 e. The third-order valence-corrected chi connectivity index (χ3v) is 5.27. The first kappa shape index (κ1) is 20.8. The molecule has 0 aliphatic heterocycles. The van der Waals surface area contributed by atoms with Crippen molar-refractivity contribution in [1.82, 2.24) is 20.6 Å². The summed E-state index contributed by atoms with van der Waals surface area (Å²) in [5.41, 5.74) is 2.75. The Bertz CT molecular complexity index is 1190. The van der Waals surface area contributed by atoms with Gasteiger partial charge in [-0.25, -0.2) is 0 Å². The first-order valence-electron chi connectivity index (χ1n) is 9.83. The predicted octanol–water partition coefficient (Wildman–Crippen LogP) is 3.98. The summed E-state index contributed by atoms with van der Waals surface area (Å²) in [4.78, 5) is 21.0. The number of nitrogens with one attached hydrogen (secondary N) is 2. The van der Waals surface area contributed by atoms with Gasteiger partial charge in [-0.1, -0.05) is 41.9 Å². The highest BCUT2D eigenvalue weighted by molar-refractivity contribution is 6.35. The van der Waals surface area contributed by atoms with E-state index < -0.39 is 6.04 Å². The highest BCUT2D eigenvalue weighted by Gasteiger charge is 2.23. The first-order valence-corrected chi connectivity index (χ1v) is 10.2. The molecule has 6 nitrogen and oxygen atoms in total. The number of hydrogen-bond donors (Lipinski definition) is 3. The van der Waals surface area contributed by atoms with Gasteiger partial charge in [-0.3, -0.25) is 14.8 Å². The highest BCUT2D eigenvalue weighted by atomic mass is 35.5. The van der Waals surface area contributed by atoms with E-state index in [-0.39, 0.29) is 18.2 Å². The number of hydrogen-bond acceptors (Lipinski definition) is 5. The molecule has 2 aromatic carbocycles. The second-order valence-corrected chi connectivity index (χ2v) is 7.47. The fraction of sp³-hybridized carbons (Fsp3) is 0.125. The molecule has 3 N–H and O–H groups in total. The van der Waals surface area contributed by atoms with Crippen LogP contribution in [0, 0.1) is 0 Å². The number of carbonyl (C=O) groups excluding carboxylic acids is 1. The molecule has 0 aliphatic carbocycles. The molecular weight excluding hydrogens is 412 g/mol. The summed E-state index contributed by atoms with van der Waals surface area (Å²) in [6, 6.07) is 17.9. The summed E-state index contributed by atoms with van der Waals surface area (Å²) in [5.74, 6) is -0.210. The SMILES string of the molecule is O=C(CNCc1ccncc1)NC(c1ccccc1)c1cc(Cl)c2cccnc2c1O. The number of aromatic nitrogens is 2. The van der Waals surface area contributed by atoms with E-state index in [1.54, 1.807) is 36.8 Å². The van der Waals surface area contributed by atoms with Crippen molar-refractivity contribution < 1.29 is 9.90 Å². The van der Waals surface area contributed by atoms with E-state index >= 15 is 0 Å². The van der Waals surface area contributed by atoms with Crippen LogP contribution in [0.15, 0.2) is 79.3 Å². The predicted molar refractivity (Wildman–Crippen MR) is 121 cm³/mol. The van der Waals surface area contributed by atoms with Gasteiger partial charge in [0, 0.05) is 36.1 Å². The van der Waals surface area contributed by atoms with E-state index in [9.17, 15) is 9.90 Å². The minimum absolute atomic E-state index is 0.00102.